The van der Waals surface area contributed by atoms with Gasteiger partial charge in [0.25, 0.3) is 0 Å². The fraction of sp³-hybridized carbons (Fsp3) is 0.900. The van der Waals surface area contributed by atoms with Gasteiger partial charge in [-0.2, -0.15) is 0 Å². The van der Waals surface area contributed by atoms with Crippen molar-refractivity contribution in [3.8, 4) is 0 Å². The first-order valence-corrected chi connectivity index (χ1v) is 7.38. The molecule has 0 N–H and O–H groups in total. The zero-order valence-corrected chi connectivity index (χ0v) is 12.6. The van der Waals surface area contributed by atoms with Gasteiger partial charge in [-0.25, -0.2) is 0 Å². The molecule has 0 heterocycles. The second-order valence-electron chi connectivity index (χ2n) is 5.04. The van der Waals surface area contributed by atoms with Crippen LogP contribution in [0.2, 0.25) is 0 Å². The molecule has 0 bridgehead atoms. The van der Waals surface area contributed by atoms with Crippen molar-refractivity contribution in [3.05, 3.63) is 30.3 Å². The minimum absolute atomic E-state index is 0.0891. The van der Waals surface area contributed by atoms with Crippen molar-refractivity contribution < 1.29 is 19.6 Å². The summed E-state index contributed by atoms with van der Waals surface area (Å²) in [6.07, 6.45) is -0.994. The normalized spacial score (nSPS) is 24.2. The summed E-state index contributed by atoms with van der Waals surface area (Å²) in [5.41, 5.74) is -2.65. The number of halogens is 1. The second-order valence-corrected chi connectivity index (χ2v) is 5.83. The Labute approximate surface area is 127 Å². The molecule has 0 saturated heterocycles. The topological polar surface area (TPSA) is 146 Å². The zero-order valence-electron chi connectivity index (χ0n) is 11.0. The number of nitro groups is 3. The third-order valence-electron chi connectivity index (χ3n) is 3.68. The van der Waals surface area contributed by atoms with Crippen LogP contribution in [0.5, 0.6) is 0 Å². The predicted molar refractivity (Wildman–Crippen MR) is 72.9 cm³/mol. The predicted octanol–water partition coefficient (Wildman–Crippen LogP) is 1.43. The Morgan fingerprint density at radius 3 is 2.14 bits per heavy atom. The SMILES string of the molecule is O=C(CCCBr)C1CC([N+](=O)[O-])CC([N+](=O)[O-])([N+](=O)[O-])C1. The molecule has 2 unspecified atom stereocenters. The van der Waals surface area contributed by atoms with Gasteiger partial charge >= 0.3 is 5.66 Å². The molecule has 0 spiro atoms. The fourth-order valence-corrected chi connectivity index (χ4v) is 2.85. The number of carbonyl (C=O) groups is 1. The Morgan fingerprint density at radius 2 is 1.71 bits per heavy atom. The first-order valence-electron chi connectivity index (χ1n) is 6.25. The van der Waals surface area contributed by atoms with Crippen LogP contribution in [0.25, 0.3) is 0 Å². The molecule has 11 heteroatoms. The van der Waals surface area contributed by atoms with Crippen LogP contribution >= 0.6 is 15.9 Å². The van der Waals surface area contributed by atoms with Crippen molar-refractivity contribution in [2.75, 3.05) is 5.33 Å². The summed E-state index contributed by atoms with van der Waals surface area (Å²) < 4.78 is 0. The van der Waals surface area contributed by atoms with Crippen LogP contribution in [-0.4, -0.2) is 37.6 Å². The van der Waals surface area contributed by atoms with Gasteiger partial charge in [0.15, 0.2) is 6.42 Å². The monoisotopic (exact) mass is 367 g/mol. The minimum atomic E-state index is -2.65. The number of nitrogens with zero attached hydrogens (tertiary/aromatic N) is 3. The van der Waals surface area contributed by atoms with Gasteiger partial charge < -0.3 is 0 Å². The number of alkyl halides is 1. The number of hydrogen-bond acceptors (Lipinski definition) is 7. The molecule has 2 atom stereocenters. The maximum absolute atomic E-state index is 12.0. The first-order chi connectivity index (χ1) is 9.74. The number of hydrogen-bond donors (Lipinski definition) is 0. The van der Waals surface area contributed by atoms with Crippen molar-refractivity contribution in [3.63, 3.8) is 0 Å². The van der Waals surface area contributed by atoms with E-state index in [2.05, 4.69) is 15.9 Å². The Hall–Kier alpha value is -1.65. The lowest BCUT2D eigenvalue weighted by Crippen LogP contribution is -2.55. The summed E-state index contributed by atoms with van der Waals surface area (Å²) in [4.78, 5) is 42.1. The molecule has 1 aliphatic carbocycles. The van der Waals surface area contributed by atoms with Gasteiger partial charge in [-0.15, -0.1) is 0 Å². The van der Waals surface area contributed by atoms with Crippen LogP contribution in [0.15, 0.2) is 0 Å². The van der Waals surface area contributed by atoms with Crippen molar-refractivity contribution in [2.45, 2.75) is 43.8 Å². The molecule has 10 nitrogen and oxygen atoms in total. The summed E-state index contributed by atoms with van der Waals surface area (Å²) in [6, 6.07) is -1.45. The molecule has 0 amide bonds. The van der Waals surface area contributed by atoms with Crippen LogP contribution in [-0.2, 0) is 4.79 Å². The standard InChI is InChI=1S/C10H14BrN3O7/c11-3-1-2-9(15)7-4-8(12(16)17)6-10(5-7,13(18)19)14(20)21/h7-8H,1-6H2. The van der Waals surface area contributed by atoms with Gasteiger partial charge in [-0.05, 0) is 6.42 Å². The van der Waals surface area contributed by atoms with Crippen LogP contribution in [0.1, 0.15) is 32.1 Å². The molecule has 0 aliphatic heterocycles. The average Bonchev–Trinajstić information content (AvgIpc) is 2.43. The van der Waals surface area contributed by atoms with Crippen molar-refractivity contribution >= 4 is 21.7 Å². The Balaban J connectivity index is 3.06. The summed E-state index contributed by atoms with van der Waals surface area (Å²) >= 11 is 3.13. The van der Waals surface area contributed by atoms with E-state index in [1.807, 2.05) is 0 Å². The average molecular weight is 368 g/mol. The molecule has 0 radical (unpaired) electrons. The van der Waals surface area contributed by atoms with Crippen molar-refractivity contribution in [1.29, 1.82) is 0 Å². The summed E-state index contributed by atoms with van der Waals surface area (Å²) in [7, 11) is 0. The van der Waals surface area contributed by atoms with E-state index >= 15 is 0 Å². The fourth-order valence-electron chi connectivity index (χ4n) is 2.57. The lowest BCUT2D eigenvalue weighted by atomic mass is 9.76. The van der Waals surface area contributed by atoms with E-state index in [1.54, 1.807) is 0 Å². The molecule has 1 rings (SSSR count). The smallest absolute Gasteiger partial charge is 0.299 e. The molecule has 118 valence electrons. The third kappa shape index (κ3) is 3.71. The van der Waals surface area contributed by atoms with E-state index in [4.69, 9.17) is 0 Å². The van der Waals surface area contributed by atoms with Crippen LogP contribution in [0.3, 0.4) is 0 Å². The highest BCUT2D eigenvalue weighted by atomic mass is 79.9. The molecular formula is C10H14BrN3O7. The largest absolute Gasteiger partial charge is 0.465 e. The van der Waals surface area contributed by atoms with Crippen molar-refractivity contribution in [2.24, 2.45) is 5.92 Å². The minimum Gasteiger partial charge on any atom is -0.299 e. The molecular weight excluding hydrogens is 354 g/mol. The Morgan fingerprint density at radius 1 is 1.14 bits per heavy atom. The van der Waals surface area contributed by atoms with Crippen molar-refractivity contribution in [1.82, 2.24) is 0 Å². The van der Waals surface area contributed by atoms with Gasteiger partial charge in [0.1, 0.15) is 5.78 Å². The van der Waals surface area contributed by atoms with E-state index in [0.717, 1.165) is 0 Å². The highest BCUT2D eigenvalue weighted by molar-refractivity contribution is 9.09. The molecule has 0 aromatic rings. The highest BCUT2D eigenvalue weighted by Crippen LogP contribution is 2.37. The maximum Gasteiger partial charge on any atom is 0.465 e. The third-order valence-corrected chi connectivity index (χ3v) is 4.24. The number of ketones is 1. The molecule has 0 aromatic carbocycles. The molecule has 21 heavy (non-hydrogen) atoms. The van der Waals surface area contributed by atoms with E-state index in [9.17, 15) is 35.1 Å². The van der Waals surface area contributed by atoms with Gasteiger partial charge in [0.05, 0.1) is 16.3 Å². The van der Waals surface area contributed by atoms with E-state index in [-0.39, 0.29) is 12.8 Å². The maximum atomic E-state index is 12.0. The molecule has 1 fully saturated rings. The molecule has 1 aliphatic rings. The number of carbonyl (C=O) groups excluding carboxylic acids is 1. The van der Waals surface area contributed by atoms with E-state index in [1.165, 1.54) is 0 Å². The van der Waals surface area contributed by atoms with Gasteiger partial charge in [0.2, 0.25) is 6.04 Å². The summed E-state index contributed by atoms with van der Waals surface area (Å²) in [6.45, 7) is 0. The zero-order chi connectivity index (χ0) is 16.2. The van der Waals surface area contributed by atoms with E-state index < -0.39 is 51.0 Å². The number of Topliss-reactive ketones (excluding diaryl/α,β-unsaturated/α-hetero) is 1. The van der Waals surface area contributed by atoms with Crippen LogP contribution < -0.4 is 0 Å². The molecule has 1 saturated carbocycles. The highest BCUT2D eigenvalue weighted by Gasteiger charge is 2.64. The van der Waals surface area contributed by atoms with Gasteiger partial charge in [-0.3, -0.25) is 35.1 Å². The first kappa shape index (κ1) is 17.4. The van der Waals surface area contributed by atoms with Gasteiger partial charge in [0, 0.05) is 29.0 Å². The van der Waals surface area contributed by atoms with Crippen LogP contribution in [0, 0.1) is 36.3 Å². The van der Waals surface area contributed by atoms with Gasteiger partial charge in [-0.1, -0.05) is 15.9 Å². The molecule has 0 aromatic heterocycles. The summed E-state index contributed by atoms with van der Waals surface area (Å²) in [5, 5.41) is 33.6. The lowest BCUT2D eigenvalue weighted by molar-refractivity contribution is -0.807. The lowest BCUT2D eigenvalue weighted by Gasteiger charge is -2.28. The second kappa shape index (κ2) is 6.87. The Kier molecular flexibility index (Phi) is 5.70. The van der Waals surface area contributed by atoms with E-state index in [0.29, 0.717) is 11.8 Å². The number of rotatable bonds is 7. The Bertz CT molecular complexity index is 456. The summed E-state index contributed by atoms with van der Waals surface area (Å²) in [5.74, 6) is -1.42. The van der Waals surface area contributed by atoms with Crippen LogP contribution in [0.4, 0.5) is 0 Å². The quantitative estimate of drug-likeness (QED) is 0.286.